The number of imidazole rings is 2. The van der Waals surface area contributed by atoms with Gasteiger partial charge < -0.3 is 10.7 Å². The molecule has 0 atom stereocenters. The Bertz CT molecular complexity index is 1750. The average Bonchev–Trinajstić information content (AvgIpc) is 3.49. The molecular formula is C26H23F3N6O3S. The van der Waals surface area contributed by atoms with Gasteiger partial charge in [-0.3, -0.25) is 9.12 Å². The molecule has 9 nitrogen and oxygen atoms in total. The Hall–Kier alpha value is -4.23. The molecule has 1 aliphatic carbocycles. The molecule has 1 aliphatic rings. The zero-order chi connectivity index (χ0) is 27.9. The summed E-state index contributed by atoms with van der Waals surface area (Å²) < 4.78 is 70.4. The van der Waals surface area contributed by atoms with Crippen LogP contribution in [0, 0.1) is 23.4 Å². The molecule has 0 aliphatic heterocycles. The van der Waals surface area contributed by atoms with Crippen LogP contribution >= 0.6 is 0 Å². The molecule has 13 heteroatoms. The SMILES string of the molecule is CS(=O)(=O)O.Nc1nc2ccc(-c3[nH]c(-c4c(F)cccc4F)nc3-c3ccc(F)cc3)nc2n1CC1CC1. The largest absolute Gasteiger partial charge is 0.369 e. The number of nitrogens with one attached hydrogen (secondary N) is 1. The molecular weight excluding hydrogens is 533 g/mol. The van der Waals surface area contributed by atoms with E-state index >= 15 is 0 Å². The van der Waals surface area contributed by atoms with E-state index in [1.54, 1.807) is 24.3 Å². The first-order valence-electron chi connectivity index (χ1n) is 11.8. The second kappa shape index (κ2) is 10.2. The van der Waals surface area contributed by atoms with Crippen LogP contribution in [0.2, 0.25) is 0 Å². The maximum atomic E-state index is 14.5. The fourth-order valence-corrected chi connectivity index (χ4v) is 4.11. The first-order chi connectivity index (χ1) is 18.5. The number of anilines is 1. The molecule has 1 fully saturated rings. The summed E-state index contributed by atoms with van der Waals surface area (Å²) in [4.78, 5) is 16.7. The normalized spacial score (nSPS) is 13.4. The van der Waals surface area contributed by atoms with Gasteiger partial charge in [-0.15, -0.1) is 0 Å². The van der Waals surface area contributed by atoms with Crippen LogP contribution < -0.4 is 5.73 Å². The minimum absolute atomic E-state index is 0.0119. The maximum Gasteiger partial charge on any atom is 0.261 e. The summed E-state index contributed by atoms with van der Waals surface area (Å²) in [7, 11) is -3.67. The van der Waals surface area contributed by atoms with Gasteiger partial charge in [-0.25, -0.2) is 28.1 Å². The van der Waals surface area contributed by atoms with Gasteiger partial charge >= 0.3 is 0 Å². The van der Waals surface area contributed by atoms with E-state index in [0.717, 1.165) is 19.4 Å². The van der Waals surface area contributed by atoms with Crippen molar-refractivity contribution < 1.29 is 26.1 Å². The Labute approximate surface area is 221 Å². The van der Waals surface area contributed by atoms with Gasteiger partial charge in [-0.1, -0.05) is 6.07 Å². The van der Waals surface area contributed by atoms with Gasteiger partial charge in [0.15, 0.2) is 5.65 Å². The van der Waals surface area contributed by atoms with Gasteiger partial charge in [-0.2, -0.15) is 8.42 Å². The van der Waals surface area contributed by atoms with Crippen LogP contribution in [0.1, 0.15) is 12.8 Å². The number of rotatable bonds is 5. The fourth-order valence-electron chi connectivity index (χ4n) is 4.11. The number of nitrogen functional groups attached to an aromatic ring is 1. The van der Waals surface area contributed by atoms with Gasteiger partial charge in [-0.05, 0) is 67.3 Å². The van der Waals surface area contributed by atoms with Gasteiger partial charge in [0.1, 0.15) is 28.8 Å². The minimum atomic E-state index is -3.67. The number of hydrogen-bond donors (Lipinski definition) is 3. The molecule has 3 heterocycles. The molecule has 0 amide bonds. The summed E-state index contributed by atoms with van der Waals surface area (Å²) in [6.07, 6.45) is 3.00. The number of H-pyrrole nitrogens is 1. The molecule has 4 N–H and O–H groups in total. The predicted octanol–water partition coefficient (Wildman–Crippen LogP) is 5.07. The first-order valence-corrected chi connectivity index (χ1v) is 13.7. The molecule has 0 saturated heterocycles. The Morgan fingerprint density at radius 1 is 1.00 bits per heavy atom. The van der Waals surface area contributed by atoms with E-state index in [2.05, 4.69) is 15.0 Å². The highest BCUT2D eigenvalue weighted by Crippen LogP contribution is 2.36. The highest BCUT2D eigenvalue weighted by Gasteiger charge is 2.25. The van der Waals surface area contributed by atoms with Crippen molar-refractivity contribution in [3.05, 3.63) is 72.0 Å². The fraction of sp³-hybridized carbons (Fsp3) is 0.192. The molecule has 0 spiro atoms. The molecule has 5 aromatic rings. The first kappa shape index (κ1) is 26.4. The van der Waals surface area contributed by atoms with Gasteiger partial charge in [0, 0.05) is 12.1 Å². The molecule has 2 aromatic carbocycles. The monoisotopic (exact) mass is 556 g/mol. The topological polar surface area (TPSA) is 140 Å². The van der Waals surface area contributed by atoms with Gasteiger partial charge in [0.05, 0.1) is 28.9 Å². The number of halogens is 3. The van der Waals surface area contributed by atoms with E-state index in [4.69, 9.17) is 15.3 Å². The molecule has 0 radical (unpaired) electrons. The van der Waals surface area contributed by atoms with Crippen LogP contribution in [0.15, 0.2) is 54.6 Å². The number of benzene rings is 2. The summed E-state index contributed by atoms with van der Waals surface area (Å²) in [5.41, 5.74) is 9.06. The van der Waals surface area contributed by atoms with Crippen molar-refractivity contribution in [2.45, 2.75) is 19.4 Å². The number of aromatic nitrogens is 5. The summed E-state index contributed by atoms with van der Waals surface area (Å²) in [5.74, 6) is -0.931. The standard InChI is InChI=1S/C25H19F3N6.CH4O3S/c26-15-8-6-14(7-9-15)21-22(33-23(32-21)20-16(27)2-1-3-17(20)28)18-10-11-19-24(30-18)34(25(29)31-19)12-13-4-5-13;1-5(2,3)4/h1-3,6-11,13H,4-5,12H2,(H2,29,31)(H,32,33);1H3,(H,2,3,4). The number of pyridine rings is 1. The van der Waals surface area contributed by atoms with E-state index in [9.17, 15) is 21.6 Å². The summed E-state index contributed by atoms with van der Waals surface area (Å²) in [6.45, 7) is 0.734. The predicted molar refractivity (Wildman–Crippen MR) is 140 cm³/mol. The van der Waals surface area contributed by atoms with Gasteiger partial charge in [0.2, 0.25) is 5.95 Å². The van der Waals surface area contributed by atoms with E-state index in [0.29, 0.717) is 51.9 Å². The highest BCUT2D eigenvalue weighted by molar-refractivity contribution is 7.85. The number of aromatic amines is 1. The third kappa shape index (κ3) is 5.94. The number of hydrogen-bond acceptors (Lipinski definition) is 6. The Kier molecular flexibility index (Phi) is 6.87. The van der Waals surface area contributed by atoms with Crippen LogP contribution in [0.3, 0.4) is 0 Å². The smallest absolute Gasteiger partial charge is 0.261 e. The van der Waals surface area contributed by atoms with Crippen molar-refractivity contribution in [1.29, 1.82) is 0 Å². The van der Waals surface area contributed by atoms with Crippen LogP contribution in [0.25, 0.3) is 45.2 Å². The van der Waals surface area contributed by atoms with Crippen molar-refractivity contribution in [2.24, 2.45) is 5.92 Å². The lowest BCUT2D eigenvalue weighted by Gasteiger charge is -2.06. The Balaban J connectivity index is 0.000000567. The average molecular weight is 557 g/mol. The Morgan fingerprint density at radius 3 is 2.26 bits per heavy atom. The lowest BCUT2D eigenvalue weighted by molar-refractivity contribution is 0.490. The quantitative estimate of drug-likeness (QED) is 0.257. The molecule has 6 rings (SSSR count). The van der Waals surface area contributed by atoms with Crippen molar-refractivity contribution in [2.75, 3.05) is 12.0 Å². The number of nitrogens with zero attached hydrogens (tertiary/aromatic N) is 4. The lowest BCUT2D eigenvalue weighted by atomic mass is 10.1. The van der Waals surface area contributed by atoms with Gasteiger partial charge in [0.25, 0.3) is 10.1 Å². The summed E-state index contributed by atoms with van der Waals surface area (Å²) in [6, 6.07) is 12.9. The Morgan fingerprint density at radius 2 is 1.64 bits per heavy atom. The third-order valence-corrected chi connectivity index (χ3v) is 6.04. The van der Waals surface area contributed by atoms with Crippen molar-refractivity contribution in [3.8, 4) is 34.0 Å². The molecule has 202 valence electrons. The highest BCUT2D eigenvalue weighted by atomic mass is 32.2. The van der Waals surface area contributed by atoms with Crippen molar-refractivity contribution in [3.63, 3.8) is 0 Å². The van der Waals surface area contributed by atoms with Crippen LogP contribution in [-0.2, 0) is 16.7 Å². The van der Waals surface area contributed by atoms with E-state index in [1.165, 1.54) is 30.3 Å². The second-order valence-corrected chi connectivity index (χ2v) is 10.7. The van der Waals surface area contributed by atoms with Crippen LogP contribution in [-0.4, -0.2) is 43.7 Å². The van der Waals surface area contributed by atoms with Crippen LogP contribution in [0.4, 0.5) is 19.1 Å². The zero-order valence-corrected chi connectivity index (χ0v) is 21.4. The molecule has 1 saturated carbocycles. The molecule has 0 unspecified atom stereocenters. The summed E-state index contributed by atoms with van der Waals surface area (Å²) >= 11 is 0. The maximum absolute atomic E-state index is 14.5. The zero-order valence-electron chi connectivity index (χ0n) is 20.6. The molecule has 0 bridgehead atoms. The third-order valence-electron chi connectivity index (χ3n) is 6.04. The number of nitrogens with two attached hydrogens (primary N) is 1. The second-order valence-electron chi connectivity index (χ2n) is 9.21. The minimum Gasteiger partial charge on any atom is -0.369 e. The van der Waals surface area contributed by atoms with E-state index in [-0.39, 0.29) is 11.4 Å². The molecule has 3 aromatic heterocycles. The molecule has 39 heavy (non-hydrogen) atoms. The van der Waals surface area contributed by atoms with Crippen molar-refractivity contribution in [1.82, 2.24) is 24.5 Å². The number of fused-ring (bicyclic) bond motifs is 1. The summed E-state index contributed by atoms with van der Waals surface area (Å²) in [5, 5.41) is 0. The van der Waals surface area contributed by atoms with Crippen molar-refractivity contribution >= 4 is 27.2 Å². The lowest BCUT2D eigenvalue weighted by Crippen LogP contribution is -2.05. The van der Waals surface area contributed by atoms with E-state index < -0.39 is 27.6 Å². The van der Waals surface area contributed by atoms with Crippen LogP contribution in [0.5, 0.6) is 0 Å². The van der Waals surface area contributed by atoms with E-state index in [1.807, 2.05) is 4.57 Å².